The molecule has 22 heavy (non-hydrogen) atoms. The van der Waals surface area contributed by atoms with Crippen LogP contribution in [0, 0.1) is 0 Å². The van der Waals surface area contributed by atoms with Gasteiger partial charge in [-0.1, -0.05) is 34.8 Å². The molecule has 3 aromatic rings. The van der Waals surface area contributed by atoms with Gasteiger partial charge >= 0.3 is 0 Å². The van der Waals surface area contributed by atoms with E-state index >= 15 is 0 Å². The third kappa shape index (κ3) is 2.53. The van der Waals surface area contributed by atoms with Crippen molar-refractivity contribution in [1.82, 2.24) is 15.4 Å². The molecular formula is C14H9Cl3N4O. The molecule has 0 bridgehead atoms. The zero-order chi connectivity index (χ0) is 15.9. The summed E-state index contributed by atoms with van der Waals surface area (Å²) < 4.78 is 0. The number of hydrogen-bond acceptors (Lipinski definition) is 3. The molecular weight excluding hydrogens is 347 g/mol. The number of benzene rings is 2. The molecule has 0 unspecified atom stereocenters. The smallest absolute Gasteiger partial charge is 0.265 e. The molecule has 1 heterocycles. The van der Waals surface area contributed by atoms with Gasteiger partial charge in [0.15, 0.2) is 0 Å². The largest absolute Gasteiger partial charge is 0.338 e. The van der Waals surface area contributed by atoms with Gasteiger partial charge in [-0.05, 0) is 30.3 Å². The van der Waals surface area contributed by atoms with Crippen molar-refractivity contribution in [2.75, 3.05) is 0 Å². The Morgan fingerprint density at radius 1 is 1.14 bits per heavy atom. The van der Waals surface area contributed by atoms with Crippen molar-refractivity contribution < 1.29 is 4.79 Å². The van der Waals surface area contributed by atoms with Crippen molar-refractivity contribution in [2.24, 2.45) is 5.84 Å². The molecule has 0 spiro atoms. The summed E-state index contributed by atoms with van der Waals surface area (Å²) in [4.78, 5) is 19.1. The van der Waals surface area contributed by atoms with Crippen LogP contribution in [0.5, 0.6) is 0 Å². The van der Waals surface area contributed by atoms with E-state index in [1.807, 2.05) is 0 Å². The molecule has 5 nitrogen and oxygen atoms in total. The van der Waals surface area contributed by atoms with E-state index in [-0.39, 0.29) is 0 Å². The average Bonchev–Trinajstić information content (AvgIpc) is 2.93. The number of rotatable bonds is 2. The number of amides is 1. The van der Waals surface area contributed by atoms with E-state index in [1.165, 1.54) is 0 Å². The molecule has 112 valence electrons. The van der Waals surface area contributed by atoms with E-state index in [4.69, 9.17) is 40.6 Å². The normalized spacial score (nSPS) is 10.9. The van der Waals surface area contributed by atoms with E-state index < -0.39 is 5.91 Å². The molecule has 1 aromatic heterocycles. The van der Waals surface area contributed by atoms with Gasteiger partial charge in [0.2, 0.25) is 0 Å². The number of aromatic nitrogens is 2. The molecule has 0 saturated carbocycles. The van der Waals surface area contributed by atoms with Crippen LogP contribution >= 0.6 is 34.8 Å². The van der Waals surface area contributed by atoms with Gasteiger partial charge in [-0.3, -0.25) is 10.2 Å². The van der Waals surface area contributed by atoms with E-state index in [1.54, 1.807) is 30.3 Å². The van der Waals surface area contributed by atoms with E-state index in [0.29, 0.717) is 43.1 Å². The Kier molecular flexibility index (Phi) is 3.97. The second-order valence-electron chi connectivity index (χ2n) is 4.51. The highest BCUT2D eigenvalue weighted by atomic mass is 35.5. The Morgan fingerprint density at radius 3 is 2.59 bits per heavy atom. The van der Waals surface area contributed by atoms with Crippen molar-refractivity contribution >= 4 is 51.7 Å². The number of aromatic amines is 1. The van der Waals surface area contributed by atoms with Crippen molar-refractivity contribution in [3.05, 3.63) is 51.0 Å². The molecule has 0 fully saturated rings. The van der Waals surface area contributed by atoms with Gasteiger partial charge in [0, 0.05) is 5.56 Å². The molecule has 0 aliphatic heterocycles. The number of imidazole rings is 1. The number of halogens is 3. The van der Waals surface area contributed by atoms with Gasteiger partial charge < -0.3 is 4.98 Å². The highest BCUT2D eigenvalue weighted by Crippen LogP contribution is 2.38. The Morgan fingerprint density at radius 2 is 1.86 bits per heavy atom. The van der Waals surface area contributed by atoms with Crippen LogP contribution in [-0.4, -0.2) is 15.9 Å². The van der Waals surface area contributed by atoms with E-state index in [2.05, 4.69) is 15.4 Å². The van der Waals surface area contributed by atoms with Gasteiger partial charge in [-0.2, -0.15) is 0 Å². The number of hydrogen-bond donors (Lipinski definition) is 3. The van der Waals surface area contributed by atoms with Gasteiger partial charge in [0.05, 0.1) is 31.7 Å². The minimum atomic E-state index is -0.392. The molecule has 2 aromatic carbocycles. The fourth-order valence-electron chi connectivity index (χ4n) is 2.10. The Labute approximate surface area is 140 Å². The highest BCUT2D eigenvalue weighted by molar-refractivity contribution is 6.46. The van der Waals surface area contributed by atoms with Crippen LogP contribution in [0.3, 0.4) is 0 Å². The Hall–Kier alpha value is -1.79. The number of nitrogens with two attached hydrogens (primary N) is 1. The van der Waals surface area contributed by atoms with Crippen LogP contribution in [-0.2, 0) is 0 Å². The maximum Gasteiger partial charge on any atom is 0.265 e. The summed E-state index contributed by atoms with van der Waals surface area (Å²) in [6.07, 6.45) is 0. The number of carbonyl (C=O) groups is 1. The van der Waals surface area contributed by atoms with Crippen molar-refractivity contribution in [2.45, 2.75) is 0 Å². The first kappa shape index (κ1) is 15.1. The predicted octanol–water partition coefficient (Wildman–Crippen LogP) is 3.79. The van der Waals surface area contributed by atoms with Crippen molar-refractivity contribution in [3.8, 4) is 11.4 Å². The van der Waals surface area contributed by atoms with E-state index in [0.717, 1.165) is 0 Å². The number of fused-ring (bicyclic) bond motifs is 1. The number of nitrogens with one attached hydrogen (secondary N) is 2. The predicted molar refractivity (Wildman–Crippen MR) is 88.2 cm³/mol. The summed E-state index contributed by atoms with van der Waals surface area (Å²) >= 11 is 18.4. The van der Waals surface area contributed by atoms with Crippen LogP contribution in [0.1, 0.15) is 10.4 Å². The number of H-pyrrole nitrogens is 1. The summed E-state index contributed by atoms with van der Waals surface area (Å²) in [7, 11) is 0. The van der Waals surface area contributed by atoms with E-state index in [9.17, 15) is 4.79 Å². The second-order valence-corrected chi connectivity index (χ2v) is 5.70. The number of nitrogen functional groups attached to an aromatic ring is 1. The lowest BCUT2D eigenvalue weighted by Gasteiger charge is -2.05. The summed E-state index contributed by atoms with van der Waals surface area (Å²) in [5, 5.41) is 1.12. The first-order valence-corrected chi connectivity index (χ1v) is 7.29. The molecule has 1 amide bonds. The Balaban J connectivity index is 2.17. The fourth-order valence-corrected chi connectivity index (χ4v) is 2.80. The van der Waals surface area contributed by atoms with Gasteiger partial charge in [-0.25, -0.2) is 10.8 Å². The fraction of sp³-hybridized carbons (Fsp3) is 0. The molecule has 0 radical (unpaired) electrons. The van der Waals surface area contributed by atoms with Gasteiger partial charge in [0.25, 0.3) is 5.91 Å². The summed E-state index contributed by atoms with van der Waals surface area (Å²) in [6, 6.07) is 8.22. The topological polar surface area (TPSA) is 83.8 Å². The third-order valence-electron chi connectivity index (χ3n) is 3.16. The first-order chi connectivity index (χ1) is 10.5. The SMILES string of the molecule is NNC(=O)c1ccc2nc(-c3c(Cl)ccc(Cl)c3Cl)[nH]c2c1. The lowest BCUT2D eigenvalue weighted by molar-refractivity contribution is 0.0954. The molecule has 0 atom stereocenters. The zero-order valence-corrected chi connectivity index (χ0v) is 13.2. The quantitative estimate of drug-likeness (QED) is 0.283. The number of hydrazine groups is 1. The average molecular weight is 356 g/mol. The molecule has 3 rings (SSSR count). The summed E-state index contributed by atoms with van der Waals surface area (Å²) in [5.74, 6) is 5.20. The summed E-state index contributed by atoms with van der Waals surface area (Å²) in [5.41, 5.74) is 4.32. The first-order valence-electron chi connectivity index (χ1n) is 6.16. The monoisotopic (exact) mass is 354 g/mol. The lowest BCUT2D eigenvalue weighted by atomic mass is 10.2. The molecule has 0 saturated heterocycles. The van der Waals surface area contributed by atoms with Gasteiger partial charge in [-0.15, -0.1) is 0 Å². The number of nitrogens with zero attached hydrogens (tertiary/aromatic N) is 1. The van der Waals surface area contributed by atoms with Crippen LogP contribution in [0.15, 0.2) is 30.3 Å². The molecule has 0 aliphatic carbocycles. The third-order valence-corrected chi connectivity index (χ3v) is 4.28. The molecule has 4 N–H and O–H groups in total. The Bertz CT molecular complexity index is 891. The molecule has 8 heteroatoms. The minimum absolute atomic E-state index is 0.313. The van der Waals surface area contributed by atoms with Crippen LogP contribution in [0.2, 0.25) is 15.1 Å². The standard InChI is InChI=1S/C14H9Cl3N4O/c15-7-2-3-8(16)12(17)11(7)13-19-9-4-1-6(14(22)21-18)5-10(9)20-13/h1-5H,18H2,(H,19,20)(H,21,22). The van der Waals surface area contributed by atoms with Crippen molar-refractivity contribution in [1.29, 1.82) is 0 Å². The van der Waals surface area contributed by atoms with Crippen LogP contribution in [0.4, 0.5) is 0 Å². The van der Waals surface area contributed by atoms with Gasteiger partial charge in [0.1, 0.15) is 5.82 Å². The number of carbonyl (C=O) groups excluding carboxylic acids is 1. The minimum Gasteiger partial charge on any atom is -0.338 e. The van der Waals surface area contributed by atoms with Crippen LogP contribution in [0.25, 0.3) is 22.4 Å². The van der Waals surface area contributed by atoms with Crippen LogP contribution < -0.4 is 11.3 Å². The summed E-state index contributed by atoms with van der Waals surface area (Å²) in [6.45, 7) is 0. The van der Waals surface area contributed by atoms with Crippen molar-refractivity contribution in [3.63, 3.8) is 0 Å². The zero-order valence-electron chi connectivity index (χ0n) is 11.0. The lowest BCUT2D eigenvalue weighted by Crippen LogP contribution is -2.29. The second kappa shape index (κ2) is 5.78. The maximum atomic E-state index is 11.6. The molecule has 0 aliphatic rings. The maximum absolute atomic E-state index is 11.6. The highest BCUT2D eigenvalue weighted by Gasteiger charge is 2.16.